The van der Waals surface area contributed by atoms with Gasteiger partial charge in [0.1, 0.15) is 0 Å². The average Bonchev–Trinajstić information content (AvgIpc) is 2.27. The fourth-order valence-electron chi connectivity index (χ4n) is 1.04. The molecule has 110 valence electrons. The molecule has 0 spiro atoms. The lowest BCUT2D eigenvalue weighted by molar-refractivity contribution is -0.202. The third-order valence-corrected chi connectivity index (χ3v) is 1.98. The van der Waals surface area contributed by atoms with E-state index in [1.165, 1.54) is 0 Å². The fourth-order valence-corrected chi connectivity index (χ4v) is 1.04. The first-order chi connectivity index (χ1) is 8.38. The van der Waals surface area contributed by atoms with Crippen LogP contribution in [0.2, 0.25) is 0 Å². The van der Waals surface area contributed by atoms with E-state index >= 15 is 0 Å². The average molecular weight is 275 g/mol. The highest BCUT2D eigenvalue weighted by atomic mass is 19.4. The number of rotatable bonds is 10. The van der Waals surface area contributed by atoms with Gasteiger partial charge in [0.2, 0.25) is 0 Å². The van der Waals surface area contributed by atoms with Gasteiger partial charge >= 0.3 is 6.18 Å². The summed E-state index contributed by atoms with van der Waals surface area (Å²) in [5.41, 5.74) is 0. The Labute approximate surface area is 104 Å². The molecule has 0 aromatic heterocycles. The van der Waals surface area contributed by atoms with Gasteiger partial charge in [0.15, 0.2) is 6.10 Å². The summed E-state index contributed by atoms with van der Waals surface area (Å²) in [4.78, 5) is 0. The standard InChI is InChI=1S/C10H20F3NO4/c1-2-17-3-4-18-7-8(15)5-14-6-9(16)10(11,12)13/h8-9,14-16H,2-7H2,1H3. The van der Waals surface area contributed by atoms with Gasteiger partial charge in [-0.3, -0.25) is 0 Å². The molecule has 0 aliphatic rings. The third kappa shape index (κ3) is 9.60. The maximum absolute atomic E-state index is 11.9. The lowest BCUT2D eigenvalue weighted by Crippen LogP contribution is -2.41. The van der Waals surface area contributed by atoms with E-state index in [0.717, 1.165) is 0 Å². The van der Waals surface area contributed by atoms with Crippen molar-refractivity contribution in [2.45, 2.75) is 25.3 Å². The molecule has 0 fully saturated rings. The van der Waals surface area contributed by atoms with Crippen LogP contribution in [0.15, 0.2) is 0 Å². The maximum atomic E-state index is 11.9. The lowest BCUT2D eigenvalue weighted by atomic mass is 10.3. The Morgan fingerprint density at radius 3 is 2.28 bits per heavy atom. The van der Waals surface area contributed by atoms with Crippen LogP contribution in [0.3, 0.4) is 0 Å². The Morgan fingerprint density at radius 2 is 1.72 bits per heavy atom. The quantitative estimate of drug-likeness (QED) is 0.486. The van der Waals surface area contributed by atoms with E-state index in [9.17, 15) is 18.3 Å². The highest BCUT2D eigenvalue weighted by molar-refractivity contribution is 4.69. The largest absolute Gasteiger partial charge is 0.415 e. The molecule has 0 rings (SSSR count). The summed E-state index contributed by atoms with van der Waals surface area (Å²) in [6, 6.07) is 0. The zero-order valence-corrected chi connectivity index (χ0v) is 10.2. The normalized spacial score (nSPS) is 15.7. The summed E-state index contributed by atoms with van der Waals surface area (Å²) in [5.74, 6) is 0. The van der Waals surface area contributed by atoms with Crippen LogP contribution >= 0.6 is 0 Å². The number of halogens is 3. The minimum atomic E-state index is -4.65. The van der Waals surface area contributed by atoms with Crippen molar-refractivity contribution in [2.24, 2.45) is 0 Å². The molecule has 5 nitrogen and oxygen atoms in total. The van der Waals surface area contributed by atoms with Crippen molar-refractivity contribution < 1.29 is 32.9 Å². The molecule has 0 amide bonds. The molecule has 0 saturated heterocycles. The lowest BCUT2D eigenvalue weighted by Gasteiger charge is -2.17. The van der Waals surface area contributed by atoms with Crippen LogP contribution in [-0.2, 0) is 9.47 Å². The molecule has 0 radical (unpaired) electrons. The Bertz CT molecular complexity index is 204. The third-order valence-electron chi connectivity index (χ3n) is 1.98. The molecule has 0 aromatic carbocycles. The molecular weight excluding hydrogens is 255 g/mol. The van der Waals surface area contributed by atoms with Crippen LogP contribution < -0.4 is 5.32 Å². The minimum Gasteiger partial charge on any atom is -0.389 e. The van der Waals surface area contributed by atoms with Crippen LogP contribution in [0.4, 0.5) is 13.2 Å². The zero-order chi connectivity index (χ0) is 14.0. The molecule has 0 heterocycles. The predicted molar refractivity (Wildman–Crippen MR) is 58.3 cm³/mol. The second-order valence-electron chi connectivity index (χ2n) is 3.64. The van der Waals surface area contributed by atoms with Crippen molar-refractivity contribution >= 4 is 0 Å². The smallest absolute Gasteiger partial charge is 0.389 e. The van der Waals surface area contributed by atoms with Crippen molar-refractivity contribution in [3.05, 3.63) is 0 Å². The Morgan fingerprint density at radius 1 is 1.11 bits per heavy atom. The second-order valence-corrected chi connectivity index (χ2v) is 3.64. The van der Waals surface area contributed by atoms with Crippen LogP contribution in [0, 0.1) is 0 Å². The molecule has 8 heteroatoms. The van der Waals surface area contributed by atoms with Crippen LogP contribution in [0.25, 0.3) is 0 Å². The molecule has 0 aliphatic carbocycles. The fraction of sp³-hybridized carbons (Fsp3) is 1.00. The van der Waals surface area contributed by atoms with Gasteiger partial charge in [-0.25, -0.2) is 0 Å². The topological polar surface area (TPSA) is 71.0 Å². The van der Waals surface area contributed by atoms with Gasteiger partial charge in [-0.05, 0) is 6.92 Å². The number of hydrogen-bond acceptors (Lipinski definition) is 5. The van der Waals surface area contributed by atoms with E-state index in [4.69, 9.17) is 14.6 Å². The van der Waals surface area contributed by atoms with Crippen LogP contribution in [0.5, 0.6) is 0 Å². The first-order valence-electron chi connectivity index (χ1n) is 5.67. The number of aliphatic hydroxyl groups is 2. The zero-order valence-electron chi connectivity index (χ0n) is 10.2. The van der Waals surface area contributed by atoms with Crippen LogP contribution in [0.1, 0.15) is 6.92 Å². The van der Waals surface area contributed by atoms with E-state index in [1.807, 2.05) is 6.92 Å². The van der Waals surface area contributed by atoms with Gasteiger partial charge in [0.05, 0.1) is 25.9 Å². The Hall–Kier alpha value is -0.410. The summed E-state index contributed by atoms with van der Waals surface area (Å²) in [6.07, 6.45) is -8.00. The van der Waals surface area contributed by atoms with Gasteiger partial charge in [0, 0.05) is 19.7 Å². The first-order valence-corrected chi connectivity index (χ1v) is 5.67. The predicted octanol–water partition coefficient (Wildman–Crippen LogP) is -0.0868. The maximum Gasteiger partial charge on any atom is 0.415 e. The van der Waals surface area contributed by atoms with Gasteiger partial charge in [-0.15, -0.1) is 0 Å². The van der Waals surface area contributed by atoms with E-state index in [0.29, 0.717) is 19.8 Å². The van der Waals surface area contributed by atoms with Crippen molar-refractivity contribution in [3.63, 3.8) is 0 Å². The van der Waals surface area contributed by atoms with Gasteiger partial charge in [-0.1, -0.05) is 0 Å². The van der Waals surface area contributed by atoms with Crippen molar-refractivity contribution in [1.82, 2.24) is 5.32 Å². The van der Waals surface area contributed by atoms with E-state index in [1.54, 1.807) is 0 Å². The van der Waals surface area contributed by atoms with Crippen molar-refractivity contribution in [2.75, 3.05) is 39.5 Å². The second kappa shape index (κ2) is 9.51. The van der Waals surface area contributed by atoms with E-state index in [-0.39, 0.29) is 13.2 Å². The Kier molecular flexibility index (Phi) is 9.29. The van der Waals surface area contributed by atoms with Crippen LogP contribution in [-0.4, -0.2) is 68.1 Å². The molecule has 0 saturated carbocycles. The van der Waals surface area contributed by atoms with Crippen molar-refractivity contribution in [3.8, 4) is 0 Å². The highest BCUT2D eigenvalue weighted by Crippen LogP contribution is 2.18. The summed E-state index contributed by atoms with van der Waals surface area (Å²) < 4.78 is 45.7. The molecule has 2 atom stereocenters. The van der Waals surface area contributed by atoms with Gasteiger partial charge in [0.25, 0.3) is 0 Å². The molecule has 18 heavy (non-hydrogen) atoms. The summed E-state index contributed by atoms with van der Waals surface area (Å²) in [5, 5.41) is 20.3. The molecule has 0 aliphatic heterocycles. The number of hydrogen-bond donors (Lipinski definition) is 3. The summed E-state index contributed by atoms with van der Waals surface area (Å²) >= 11 is 0. The van der Waals surface area contributed by atoms with Crippen molar-refractivity contribution in [1.29, 1.82) is 0 Å². The summed E-state index contributed by atoms with van der Waals surface area (Å²) in [7, 11) is 0. The summed E-state index contributed by atoms with van der Waals surface area (Å²) in [6.45, 7) is 2.40. The molecule has 0 aromatic rings. The number of nitrogens with one attached hydrogen (secondary N) is 1. The highest BCUT2D eigenvalue weighted by Gasteiger charge is 2.37. The molecular formula is C10H20F3NO4. The Balaban J connectivity index is 3.45. The number of aliphatic hydroxyl groups excluding tert-OH is 2. The first kappa shape index (κ1) is 17.6. The minimum absolute atomic E-state index is 0.00217. The molecule has 2 unspecified atom stereocenters. The number of alkyl halides is 3. The molecule has 0 bridgehead atoms. The van der Waals surface area contributed by atoms with Gasteiger partial charge in [-0.2, -0.15) is 13.2 Å². The van der Waals surface area contributed by atoms with E-state index < -0.39 is 24.9 Å². The number of ether oxygens (including phenoxy) is 2. The molecule has 3 N–H and O–H groups in total. The van der Waals surface area contributed by atoms with Gasteiger partial charge < -0.3 is 25.0 Å². The van der Waals surface area contributed by atoms with E-state index in [2.05, 4.69) is 5.32 Å². The SMILES string of the molecule is CCOCCOCC(O)CNCC(O)C(F)(F)F. The monoisotopic (exact) mass is 275 g/mol.